The van der Waals surface area contributed by atoms with Gasteiger partial charge in [-0.3, -0.25) is 9.69 Å². The van der Waals surface area contributed by atoms with E-state index in [1.807, 2.05) is 36.1 Å². The van der Waals surface area contributed by atoms with Crippen LogP contribution in [-0.2, 0) is 11.3 Å². The van der Waals surface area contributed by atoms with Gasteiger partial charge in [-0.15, -0.1) is 0 Å². The lowest BCUT2D eigenvalue weighted by Crippen LogP contribution is -2.50. The molecule has 0 aromatic heterocycles. The topological polar surface area (TPSA) is 35.6 Å². The van der Waals surface area contributed by atoms with Crippen LogP contribution in [0.5, 0.6) is 0 Å². The molecule has 1 N–H and O–H groups in total. The zero-order valence-corrected chi connectivity index (χ0v) is 16.9. The number of aryl methyl sites for hydroxylation is 1. The lowest BCUT2D eigenvalue weighted by molar-refractivity contribution is -0.132. The highest BCUT2D eigenvalue weighted by Crippen LogP contribution is 2.22. The number of carbonyl (C=O) groups excluding carboxylic acids is 1. The van der Waals surface area contributed by atoms with Crippen molar-refractivity contribution >= 4 is 17.5 Å². The van der Waals surface area contributed by atoms with Crippen molar-refractivity contribution in [3.05, 3.63) is 70.2 Å². The van der Waals surface area contributed by atoms with Gasteiger partial charge in [-0.1, -0.05) is 54.1 Å². The molecule has 3 rings (SSSR count). The highest BCUT2D eigenvalue weighted by Gasteiger charge is 2.21. The van der Waals surface area contributed by atoms with Crippen LogP contribution in [0.3, 0.4) is 0 Å². The molecule has 0 radical (unpaired) electrons. The smallest absolute Gasteiger partial charge is 0.236 e. The van der Waals surface area contributed by atoms with Crippen LogP contribution >= 0.6 is 11.6 Å². The van der Waals surface area contributed by atoms with Gasteiger partial charge in [0.05, 0.1) is 6.54 Å². The third-order valence-electron chi connectivity index (χ3n) is 5.31. The van der Waals surface area contributed by atoms with Crippen molar-refractivity contribution in [1.29, 1.82) is 0 Å². The van der Waals surface area contributed by atoms with Crippen LogP contribution in [0.1, 0.15) is 29.7 Å². The van der Waals surface area contributed by atoms with Crippen molar-refractivity contribution in [2.75, 3.05) is 32.7 Å². The first-order valence-electron chi connectivity index (χ1n) is 9.57. The van der Waals surface area contributed by atoms with Crippen LogP contribution < -0.4 is 5.32 Å². The van der Waals surface area contributed by atoms with Crippen molar-refractivity contribution in [3.63, 3.8) is 0 Å². The maximum absolute atomic E-state index is 12.5. The molecular weight excluding hydrogens is 358 g/mol. The molecule has 0 bridgehead atoms. The summed E-state index contributed by atoms with van der Waals surface area (Å²) >= 11 is 6.24. The number of carbonyl (C=O) groups is 1. The van der Waals surface area contributed by atoms with Gasteiger partial charge in [0.2, 0.25) is 5.91 Å². The Balaban J connectivity index is 1.45. The van der Waals surface area contributed by atoms with Crippen molar-refractivity contribution < 1.29 is 4.79 Å². The molecule has 1 atom stereocenters. The first kappa shape index (κ1) is 19.9. The monoisotopic (exact) mass is 385 g/mol. The molecule has 0 aliphatic carbocycles. The molecule has 1 saturated heterocycles. The summed E-state index contributed by atoms with van der Waals surface area (Å²) in [6, 6.07) is 16.3. The van der Waals surface area contributed by atoms with E-state index in [0.717, 1.165) is 43.3 Å². The molecule has 27 heavy (non-hydrogen) atoms. The van der Waals surface area contributed by atoms with Gasteiger partial charge in [0.15, 0.2) is 0 Å². The quantitative estimate of drug-likeness (QED) is 0.824. The highest BCUT2D eigenvalue weighted by atomic mass is 35.5. The summed E-state index contributed by atoms with van der Waals surface area (Å²) in [6.07, 6.45) is 0. The number of rotatable bonds is 6. The van der Waals surface area contributed by atoms with Gasteiger partial charge in [0.25, 0.3) is 0 Å². The summed E-state index contributed by atoms with van der Waals surface area (Å²) in [5.41, 5.74) is 3.72. The summed E-state index contributed by atoms with van der Waals surface area (Å²) in [5.74, 6) is 0.157. The first-order chi connectivity index (χ1) is 13.0. The van der Waals surface area contributed by atoms with Gasteiger partial charge >= 0.3 is 0 Å². The van der Waals surface area contributed by atoms with Crippen LogP contribution in [0.15, 0.2) is 48.5 Å². The van der Waals surface area contributed by atoms with E-state index >= 15 is 0 Å². The van der Waals surface area contributed by atoms with Crippen molar-refractivity contribution in [1.82, 2.24) is 15.1 Å². The van der Waals surface area contributed by atoms with Crippen LogP contribution in [-0.4, -0.2) is 48.4 Å². The first-order valence-corrected chi connectivity index (χ1v) is 9.95. The normalized spacial score (nSPS) is 16.3. The molecule has 1 heterocycles. The Morgan fingerprint density at radius 1 is 1.07 bits per heavy atom. The molecule has 0 saturated carbocycles. The molecule has 4 nitrogen and oxygen atoms in total. The largest absolute Gasteiger partial charge is 0.339 e. The lowest BCUT2D eigenvalue weighted by Gasteiger charge is -2.35. The Morgan fingerprint density at radius 3 is 2.44 bits per heavy atom. The zero-order chi connectivity index (χ0) is 19.2. The molecule has 0 unspecified atom stereocenters. The number of hydrogen-bond acceptors (Lipinski definition) is 3. The summed E-state index contributed by atoms with van der Waals surface area (Å²) in [5, 5.41) is 4.04. The third kappa shape index (κ3) is 5.32. The highest BCUT2D eigenvalue weighted by molar-refractivity contribution is 6.31. The minimum absolute atomic E-state index is 0.0463. The number of benzene rings is 2. The van der Waals surface area contributed by atoms with E-state index < -0.39 is 0 Å². The molecule has 1 fully saturated rings. The van der Waals surface area contributed by atoms with E-state index in [1.165, 1.54) is 11.1 Å². The average Bonchev–Trinajstić information content (AvgIpc) is 2.68. The van der Waals surface area contributed by atoms with Gasteiger partial charge in [0, 0.05) is 43.8 Å². The molecule has 0 spiro atoms. The molecular formula is C22H28ClN3O. The van der Waals surface area contributed by atoms with Crippen LogP contribution in [0, 0.1) is 6.92 Å². The number of amides is 1. The fourth-order valence-electron chi connectivity index (χ4n) is 3.47. The molecule has 2 aromatic rings. The lowest BCUT2D eigenvalue weighted by atomic mass is 10.1. The maximum Gasteiger partial charge on any atom is 0.236 e. The van der Waals surface area contributed by atoms with Crippen molar-refractivity contribution in [2.45, 2.75) is 26.4 Å². The fraction of sp³-hybridized carbons (Fsp3) is 0.409. The van der Waals surface area contributed by atoms with E-state index in [2.05, 4.69) is 41.4 Å². The summed E-state index contributed by atoms with van der Waals surface area (Å²) < 4.78 is 0. The molecule has 1 amide bonds. The van der Waals surface area contributed by atoms with Gasteiger partial charge in [0.1, 0.15) is 0 Å². The van der Waals surface area contributed by atoms with E-state index in [4.69, 9.17) is 11.6 Å². The second-order valence-electron chi connectivity index (χ2n) is 7.21. The minimum atomic E-state index is 0.0463. The van der Waals surface area contributed by atoms with Crippen LogP contribution in [0.25, 0.3) is 0 Å². The average molecular weight is 386 g/mol. The number of piperazine rings is 1. The summed E-state index contributed by atoms with van der Waals surface area (Å²) in [7, 11) is 0. The van der Waals surface area contributed by atoms with E-state index in [-0.39, 0.29) is 11.9 Å². The van der Waals surface area contributed by atoms with E-state index in [1.54, 1.807) is 0 Å². The predicted molar refractivity (Wildman–Crippen MR) is 111 cm³/mol. The van der Waals surface area contributed by atoms with Gasteiger partial charge in [-0.05, 0) is 36.6 Å². The predicted octanol–water partition coefficient (Wildman–Crippen LogP) is 3.64. The van der Waals surface area contributed by atoms with E-state index in [9.17, 15) is 4.79 Å². The van der Waals surface area contributed by atoms with Gasteiger partial charge in [-0.25, -0.2) is 0 Å². The van der Waals surface area contributed by atoms with Gasteiger partial charge in [-0.2, -0.15) is 0 Å². The Hall–Kier alpha value is -1.88. The Bertz CT molecular complexity index is 772. The SMILES string of the molecule is Cc1ccccc1CN1CCN(C(=O)CN[C@H](C)c2ccccc2Cl)CC1. The second-order valence-corrected chi connectivity index (χ2v) is 7.61. The van der Waals surface area contributed by atoms with E-state index in [0.29, 0.717) is 6.54 Å². The number of nitrogens with zero attached hydrogens (tertiary/aromatic N) is 2. The Kier molecular flexibility index (Phi) is 6.89. The van der Waals surface area contributed by atoms with Crippen molar-refractivity contribution in [2.24, 2.45) is 0 Å². The van der Waals surface area contributed by atoms with Crippen molar-refractivity contribution in [3.8, 4) is 0 Å². The molecule has 5 heteroatoms. The minimum Gasteiger partial charge on any atom is -0.339 e. The maximum atomic E-state index is 12.5. The second kappa shape index (κ2) is 9.36. The Labute approximate surface area is 167 Å². The molecule has 2 aromatic carbocycles. The molecule has 1 aliphatic rings. The van der Waals surface area contributed by atoms with Crippen LogP contribution in [0.2, 0.25) is 5.02 Å². The van der Waals surface area contributed by atoms with Gasteiger partial charge < -0.3 is 10.2 Å². The number of halogens is 1. The standard InChI is InChI=1S/C22H28ClN3O/c1-17-7-3-4-8-19(17)16-25-11-13-26(14-12-25)22(27)15-24-18(2)20-9-5-6-10-21(20)23/h3-10,18,24H,11-16H2,1-2H3/t18-/m1/s1. The molecule has 1 aliphatic heterocycles. The third-order valence-corrected chi connectivity index (χ3v) is 5.66. The fourth-order valence-corrected chi connectivity index (χ4v) is 3.77. The summed E-state index contributed by atoms with van der Waals surface area (Å²) in [6.45, 7) is 8.89. The van der Waals surface area contributed by atoms with Crippen LogP contribution in [0.4, 0.5) is 0 Å². The Morgan fingerprint density at radius 2 is 1.74 bits per heavy atom. The number of nitrogens with one attached hydrogen (secondary N) is 1. The summed E-state index contributed by atoms with van der Waals surface area (Å²) in [4.78, 5) is 16.9. The zero-order valence-electron chi connectivity index (χ0n) is 16.1. The number of hydrogen-bond donors (Lipinski definition) is 1. The molecule has 144 valence electrons.